The number of hydrogen-bond acceptors (Lipinski definition) is 4. The topological polar surface area (TPSA) is 99.0 Å². The molecule has 1 amide bonds. The van der Waals surface area contributed by atoms with Gasteiger partial charge >= 0.3 is 6.18 Å². The Morgan fingerprint density at radius 3 is 2.44 bits per heavy atom. The van der Waals surface area contributed by atoms with Gasteiger partial charge in [-0.1, -0.05) is 30.3 Å². The van der Waals surface area contributed by atoms with Gasteiger partial charge in [0.2, 0.25) is 0 Å². The molecule has 3 aromatic rings. The number of aromatic nitrogens is 2. The van der Waals surface area contributed by atoms with E-state index in [9.17, 15) is 18.0 Å². The number of carbonyl (C=O) groups excluding carboxylic acids is 1. The zero-order valence-corrected chi connectivity index (χ0v) is 14.0. The molecule has 1 heterocycles. The van der Waals surface area contributed by atoms with Crippen LogP contribution in [0.15, 0.2) is 54.6 Å². The number of amides is 1. The lowest BCUT2D eigenvalue weighted by Gasteiger charge is -2.14. The quantitative estimate of drug-likeness (QED) is 0.638. The molecule has 0 radical (unpaired) electrons. The van der Waals surface area contributed by atoms with Crippen molar-refractivity contribution in [2.75, 3.05) is 5.32 Å². The second-order valence-electron chi connectivity index (χ2n) is 5.69. The molecule has 0 spiro atoms. The van der Waals surface area contributed by atoms with Gasteiger partial charge in [0.05, 0.1) is 16.9 Å². The number of primary amides is 1. The van der Waals surface area contributed by atoms with Crippen molar-refractivity contribution >= 4 is 17.4 Å². The molecule has 3 rings (SSSR count). The van der Waals surface area contributed by atoms with Crippen LogP contribution < -0.4 is 16.8 Å². The highest BCUT2D eigenvalue weighted by molar-refractivity contribution is 5.99. The van der Waals surface area contributed by atoms with Crippen molar-refractivity contribution in [2.24, 2.45) is 11.5 Å². The van der Waals surface area contributed by atoms with Crippen molar-refractivity contribution in [3.8, 4) is 5.69 Å². The number of halogens is 3. The number of benzene rings is 2. The summed E-state index contributed by atoms with van der Waals surface area (Å²) in [6, 6.07) is 13.8. The predicted octanol–water partition coefficient (Wildman–Crippen LogP) is 3.19. The molecule has 140 valence electrons. The fourth-order valence-electron chi connectivity index (χ4n) is 2.63. The summed E-state index contributed by atoms with van der Waals surface area (Å²) >= 11 is 0. The van der Waals surface area contributed by atoms with E-state index in [1.54, 1.807) is 42.5 Å². The SMILES string of the molecule is NCc1ccccc1-n1nc(C(F)(F)F)cc1Nc1ccccc1C(N)=O. The van der Waals surface area contributed by atoms with E-state index in [1.165, 1.54) is 6.07 Å². The van der Waals surface area contributed by atoms with Crippen LogP contribution in [0, 0.1) is 0 Å². The van der Waals surface area contributed by atoms with E-state index < -0.39 is 17.8 Å². The van der Waals surface area contributed by atoms with Gasteiger partial charge in [-0.05, 0) is 23.8 Å². The number of carbonyl (C=O) groups is 1. The van der Waals surface area contributed by atoms with Crippen LogP contribution in [0.2, 0.25) is 0 Å². The van der Waals surface area contributed by atoms with Crippen molar-refractivity contribution in [1.29, 1.82) is 0 Å². The summed E-state index contributed by atoms with van der Waals surface area (Å²) in [7, 11) is 0. The Bertz CT molecular complexity index is 981. The summed E-state index contributed by atoms with van der Waals surface area (Å²) in [5.41, 5.74) is 11.4. The molecule has 0 atom stereocenters. The molecule has 0 fully saturated rings. The van der Waals surface area contributed by atoms with Crippen LogP contribution in [0.3, 0.4) is 0 Å². The number of alkyl halides is 3. The smallest absolute Gasteiger partial charge is 0.366 e. The predicted molar refractivity (Wildman–Crippen MR) is 94.7 cm³/mol. The third-order valence-corrected chi connectivity index (χ3v) is 3.89. The lowest BCUT2D eigenvalue weighted by Crippen LogP contribution is -2.14. The molecular weight excluding hydrogens is 359 g/mol. The zero-order chi connectivity index (χ0) is 19.6. The third-order valence-electron chi connectivity index (χ3n) is 3.89. The molecule has 6 nitrogen and oxygen atoms in total. The highest BCUT2D eigenvalue weighted by atomic mass is 19.4. The molecule has 1 aromatic heterocycles. The summed E-state index contributed by atoms with van der Waals surface area (Å²) < 4.78 is 40.8. The fourth-order valence-corrected chi connectivity index (χ4v) is 2.63. The molecule has 0 saturated carbocycles. The van der Waals surface area contributed by atoms with E-state index in [4.69, 9.17) is 11.5 Å². The maximum Gasteiger partial charge on any atom is 0.435 e. The molecule has 0 aliphatic heterocycles. The molecule has 2 aromatic carbocycles. The first-order valence-electron chi connectivity index (χ1n) is 7.92. The standard InChI is InChI=1S/C18H16F3N5O/c19-18(20,21)15-9-16(24-13-7-3-2-6-12(13)17(23)27)26(25-15)14-8-4-1-5-11(14)10-22/h1-9,24H,10,22H2,(H2,23,27). The third kappa shape index (κ3) is 3.77. The van der Waals surface area contributed by atoms with Gasteiger partial charge in [-0.15, -0.1) is 0 Å². The van der Waals surface area contributed by atoms with Gasteiger partial charge in [-0.3, -0.25) is 4.79 Å². The number of anilines is 2. The normalized spacial score (nSPS) is 11.4. The minimum absolute atomic E-state index is 0.0249. The summed E-state index contributed by atoms with van der Waals surface area (Å²) in [5, 5.41) is 6.51. The van der Waals surface area contributed by atoms with Gasteiger partial charge in [-0.25, -0.2) is 4.68 Å². The average Bonchev–Trinajstić information content (AvgIpc) is 3.06. The first-order valence-corrected chi connectivity index (χ1v) is 7.92. The highest BCUT2D eigenvalue weighted by Crippen LogP contribution is 2.33. The second-order valence-corrected chi connectivity index (χ2v) is 5.69. The van der Waals surface area contributed by atoms with Crippen LogP contribution in [0.25, 0.3) is 5.69 Å². The number of nitrogens with two attached hydrogens (primary N) is 2. The molecule has 0 aliphatic carbocycles. The van der Waals surface area contributed by atoms with Crippen LogP contribution in [0.5, 0.6) is 0 Å². The maximum absolute atomic E-state index is 13.2. The largest absolute Gasteiger partial charge is 0.435 e. The van der Waals surface area contributed by atoms with Crippen molar-refractivity contribution in [2.45, 2.75) is 12.7 Å². The van der Waals surface area contributed by atoms with Gasteiger partial charge in [0, 0.05) is 12.6 Å². The number of para-hydroxylation sites is 2. The van der Waals surface area contributed by atoms with E-state index in [0.717, 1.165) is 10.7 Å². The average molecular weight is 375 g/mol. The van der Waals surface area contributed by atoms with Gasteiger partial charge in [0.25, 0.3) is 5.91 Å². The first-order chi connectivity index (χ1) is 12.8. The maximum atomic E-state index is 13.2. The van der Waals surface area contributed by atoms with Gasteiger partial charge < -0.3 is 16.8 Å². The molecule has 0 saturated heterocycles. The van der Waals surface area contributed by atoms with Gasteiger partial charge in [0.15, 0.2) is 5.69 Å². The lowest BCUT2D eigenvalue weighted by atomic mass is 10.1. The summed E-state index contributed by atoms with van der Waals surface area (Å²) in [4.78, 5) is 11.6. The Morgan fingerprint density at radius 1 is 1.11 bits per heavy atom. The van der Waals surface area contributed by atoms with E-state index in [2.05, 4.69) is 10.4 Å². The monoisotopic (exact) mass is 375 g/mol. The lowest BCUT2D eigenvalue weighted by molar-refractivity contribution is -0.141. The Labute approximate surface area is 152 Å². The van der Waals surface area contributed by atoms with Crippen molar-refractivity contribution < 1.29 is 18.0 Å². The Balaban J connectivity index is 2.15. The van der Waals surface area contributed by atoms with E-state index in [1.807, 2.05) is 0 Å². The number of rotatable bonds is 5. The Hall–Kier alpha value is -3.33. The molecule has 27 heavy (non-hydrogen) atoms. The van der Waals surface area contributed by atoms with Crippen molar-refractivity contribution in [3.63, 3.8) is 0 Å². The van der Waals surface area contributed by atoms with Crippen LogP contribution in [0.4, 0.5) is 24.7 Å². The molecule has 9 heteroatoms. The van der Waals surface area contributed by atoms with E-state index in [-0.39, 0.29) is 23.6 Å². The first kappa shape index (κ1) is 18.5. The fraction of sp³-hybridized carbons (Fsp3) is 0.111. The molecule has 0 bridgehead atoms. The molecule has 0 unspecified atom stereocenters. The van der Waals surface area contributed by atoms with Crippen molar-refractivity contribution in [3.05, 3.63) is 71.4 Å². The van der Waals surface area contributed by atoms with Crippen LogP contribution in [0.1, 0.15) is 21.6 Å². The molecular formula is C18H16F3N5O. The van der Waals surface area contributed by atoms with Crippen LogP contribution in [-0.2, 0) is 12.7 Å². The second kappa shape index (κ2) is 7.12. The Kier molecular flexibility index (Phi) is 4.87. The summed E-state index contributed by atoms with van der Waals surface area (Å²) in [6.07, 6.45) is -4.64. The number of hydrogen-bond donors (Lipinski definition) is 3. The van der Waals surface area contributed by atoms with E-state index >= 15 is 0 Å². The van der Waals surface area contributed by atoms with Crippen LogP contribution in [-0.4, -0.2) is 15.7 Å². The van der Waals surface area contributed by atoms with E-state index in [0.29, 0.717) is 11.3 Å². The molecule has 0 aliphatic rings. The summed E-state index contributed by atoms with van der Waals surface area (Å²) in [6.45, 7) is 0.120. The molecule has 5 N–H and O–H groups in total. The highest BCUT2D eigenvalue weighted by Gasteiger charge is 2.35. The number of nitrogens with zero attached hydrogens (tertiary/aromatic N) is 2. The van der Waals surface area contributed by atoms with Gasteiger partial charge in [-0.2, -0.15) is 18.3 Å². The summed E-state index contributed by atoms with van der Waals surface area (Å²) in [5.74, 6) is -0.681. The minimum atomic E-state index is -4.64. The van der Waals surface area contributed by atoms with Crippen LogP contribution >= 0.6 is 0 Å². The van der Waals surface area contributed by atoms with Gasteiger partial charge in [0.1, 0.15) is 5.82 Å². The van der Waals surface area contributed by atoms with Crippen molar-refractivity contribution in [1.82, 2.24) is 9.78 Å². The Morgan fingerprint density at radius 2 is 1.78 bits per heavy atom. The minimum Gasteiger partial charge on any atom is -0.366 e. The zero-order valence-electron chi connectivity index (χ0n) is 14.0. The number of nitrogens with one attached hydrogen (secondary N) is 1.